The molecule has 0 N–H and O–H groups in total. The number of fused-ring (bicyclic) bond motifs is 5. The van der Waals surface area contributed by atoms with Crippen LogP contribution in [0.2, 0.25) is 0 Å². The number of nitriles is 1. The van der Waals surface area contributed by atoms with E-state index in [0.717, 1.165) is 24.7 Å². The molecule has 4 rings (SSSR count). The maximum atomic E-state index is 12.3. The van der Waals surface area contributed by atoms with Crippen LogP contribution in [-0.4, -0.2) is 23.6 Å². The van der Waals surface area contributed by atoms with Gasteiger partial charge in [0.1, 0.15) is 6.10 Å². The van der Waals surface area contributed by atoms with E-state index in [1.807, 2.05) is 0 Å². The highest BCUT2D eigenvalue weighted by Crippen LogP contribution is 2.66. The Morgan fingerprint density at radius 3 is 2.60 bits per heavy atom. The Hall–Kier alpha value is -1.28. The van der Waals surface area contributed by atoms with Crippen molar-refractivity contribution in [2.45, 2.75) is 90.2 Å². The van der Waals surface area contributed by atoms with Gasteiger partial charge in [0.25, 0.3) is 5.56 Å². The summed E-state index contributed by atoms with van der Waals surface area (Å²) in [5.41, 5.74) is -0.797. The molecule has 0 amide bonds. The van der Waals surface area contributed by atoms with Crippen LogP contribution in [0.1, 0.15) is 78.6 Å². The van der Waals surface area contributed by atoms with Gasteiger partial charge in [-0.05, 0) is 85.9 Å². The zero-order chi connectivity index (χ0) is 21.7. The largest absolute Gasteiger partial charge is 0.457 e. The summed E-state index contributed by atoms with van der Waals surface area (Å²) < 4.78 is 10.3. The average Bonchev–Trinajstić information content (AvgIpc) is 3.09. The van der Waals surface area contributed by atoms with E-state index in [1.165, 1.54) is 45.4 Å². The summed E-state index contributed by atoms with van der Waals surface area (Å²) in [6.45, 7) is 6.11. The van der Waals surface area contributed by atoms with Crippen LogP contribution in [0.25, 0.3) is 0 Å². The average molecular weight is 436 g/mol. The molecule has 0 aromatic heterocycles. The number of esters is 2. The molecule has 6 heteroatoms. The summed E-state index contributed by atoms with van der Waals surface area (Å²) in [6, 6.07) is 2.42. The second-order valence-corrected chi connectivity index (χ2v) is 11.2. The smallest absolute Gasteiger partial charge is 0.363 e. The molecule has 4 unspecified atom stereocenters. The van der Waals surface area contributed by atoms with Gasteiger partial charge in [-0.25, -0.2) is 4.79 Å². The molecule has 0 radical (unpaired) electrons. The third-order valence-corrected chi connectivity index (χ3v) is 9.63. The number of halogens is 1. The SMILES string of the molecule is CC(=O)OC(Cl)C(=O)OC1CC2CC[C@@H]3[C@@H](CC[C@]4(C)CCC[C@@H]34)[C@@]2(C)CC1C#N. The molecule has 0 saturated heterocycles. The number of alkyl halides is 1. The first-order chi connectivity index (χ1) is 14.2. The highest BCUT2D eigenvalue weighted by molar-refractivity contribution is 6.29. The van der Waals surface area contributed by atoms with Crippen LogP contribution in [0.3, 0.4) is 0 Å². The van der Waals surface area contributed by atoms with Gasteiger partial charge in [-0.2, -0.15) is 5.26 Å². The number of ether oxygens (including phenoxy) is 2. The normalized spacial score (nSPS) is 45.8. The molecular formula is C24H34ClNO4. The first kappa shape index (κ1) is 21.9. The number of carbonyl (C=O) groups excluding carboxylic acids is 2. The lowest BCUT2D eigenvalue weighted by molar-refractivity contribution is -0.176. The maximum absolute atomic E-state index is 12.3. The van der Waals surface area contributed by atoms with Crippen LogP contribution >= 0.6 is 11.6 Å². The van der Waals surface area contributed by atoms with Crippen LogP contribution in [0.15, 0.2) is 0 Å². The second-order valence-electron chi connectivity index (χ2n) is 10.8. The van der Waals surface area contributed by atoms with Gasteiger partial charge in [-0.1, -0.05) is 31.9 Å². The predicted octanol–water partition coefficient (Wildman–Crippen LogP) is 5.21. The fraction of sp³-hybridized carbons (Fsp3) is 0.875. The zero-order valence-corrected chi connectivity index (χ0v) is 19.1. The fourth-order valence-corrected chi connectivity index (χ4v) is 8.12. The zero-order valence-electron chi connectivity index (χ0n) is 18.4. The molecule has 0 aliphatic heterocycles. The Balaban J connectivity index is 1.49. The standard InChI is InChI=1S/C24H34ClNO4/c1-14(27)29-21(25)22(28)30-20-11-16-6-7-17-18-5-4-9-23(18,2)10-8-19(17)24(16,3)12-15(20)13-26/h15-21H,4-12H2,1-3H3/t15?,16?,17-,18-,19+,20?,21?,23-,24-/m0/s1. The van der Waals surface area contributed by atoms with Crippen molar-refractivity contribution in [3.8, 4) is 6.07 Å². The lowest BCUT2D eigenvalue weighted by Gasteiger charge is -2.61. The second kappa shape index (κ2) is 8.01. The van der Waals surface area contributed by atoms with Gasteiger partial charge in [0, 0.05) is 6.92 Å². The van der Waals surface area contributed by atoms with Gasteiger partial charge in [0.05, 0.1) is 12.0 Å². The number of rotatable bonds is 3. The molecule has 0 aromatic rings. The van der Waals surface area contributed by atoms with E-state index in [2.05, 4.69) is 19.9 Å². The Bertz CT molecular complexity index is 750. The van der Waals surface area contributed by atoms with Crippen molar-refractivity contribution in [3.05, 3.63) is 0 Å². The van der Waals surface area contributed by atoms with E-state index in [0.29, 0.717) is 23.7 Å². The molecular weight excluding hydrogens is 402 g/mol. The van der Waals surface area contributed by atoms with Crippen LogP contribution in [0.5, 0.6) is 0 Å². The van der Waals surface area contributed by atoms with Crippen molar-refractivity contribution in [1.82, 2.24) is 0 Å². The summed E-state index contributed by atoms with van der Waals surface area (Å²) in [5.74, 6) is 1.000. The van der Waals surface area contributed by atoms with Crippen molar-refractivity contribution in [2.75, 3.05) is 0 Å². The summed E-state index contributed by atoms with van der Waals surface area (Å²) in [4.78, 5) is 23.4. The molecule has 4 fully saturated rings. The molecule has 9 atom stereocenters. The molecule has 4 saturated carbocycles. The first-order valence-electron chi connectivity index (χ1n) is 11.6. The summed E-state index contributed by atoms with van der Waals surface area (Å²) in [6.07, 6.45) is 10.1. The molecule has 0 aromatic carbocycles. The lowest BCUT2D eigenvalue weighted by Crippen LogP contribution is -2.55. The molecule has 30 heavy (non-hydrogen) atoms. The Morgan fingerprint density at radius 2 is 1.90 bits per heavy atom. The van der Waals surface area contributed by atoms with Crippen LogP contribution in [-0.2, 0) is 19.1 Å². The third kappa shape index (κ3) is 3.64. The monoisotopic (exact) mass is 435 g/mol. The molecule has 0 heterocycles. The summed E-state index contributed by atoms with van der Waals surface area (Å²) in [7, 11) is 0. The molecule has 0 spiro atoms. The van der Waals surface area contributed by atoms with E-state index in [9.17, 15) is 14.9 Å². The number of hydrogen-bond acceptors (Lipinski definition) is 5. The first-order valence-corrected chi connectivity index (χ1v) is 12.0. The van der Waals surface area contributed by atoms with Gasteiger partial charge in [0.15, 0.2) is 0 Å². The van der Waals surface area contributed by atoms with Crippen LogP contribution < -0.4 is 0 Å². The highest BCUT2D eigenvalue weighted by Gasteiger charge is 2.59. The fourth-order valence-electron chi connectivity index (χ4n) is 7.94. The Kier molecular flexibility index (Phi) is 5.85. The highest BCUT2D eigenvalue weighted by atomic mass is 35.5. The van der Waals surface area contributed by atoms with Gasteiger partial charge >= 0.3 is 11.9 Å². The molecule has 5 nitrogen and oxygen atoms in total. The van der Waals surface area contributed by atoms with E-state index >= 15 is 0 Å². The minimum atomic E-state index is -1.45. The Morgan fingerprint density at radius 1 is 1.13 bits per heavy atom. The van der Waals surface area contributed by atoms with E-state index in [-0.39, 0.29) is 11.3 Å². The quantitative estimate of drug-likeness (QED) is 0.449. The van der Waals surface area contributed by atoms with Crippen molar-refractivity contribution >= 4 is 23.5 Å². The van der Waals surface area contributed by atoms with Gasteiger partial charge in [-0.15, -0.1) is 0 Å². The molecule has 4 aliphatic carbocycles. The van der Waals surface area contributed by atoms with E-state index in [4.69, 9.17) is 21.1 Å². The Labute approximate surface area is 184 Å². The minimum Gasteiger partial charge on any atom is -0.457 e. The summed E-state index contributed by atoms with van der Waals surface area (Å²) in [5, 5.41) is 9.89. The predicted molar refractivity (Wildman–Crippen MR) is 112 cm³/mol. The molecule has 0 bridgehead atoms. The van der Waals surface area contributed by atoms with Crippen molar-refractivity contribution in [3.63, 3.8) is 0 Å². The van der Waals surface area contributed by atoms with Crippen molar-refractivity contribution in [2.24, 2.45) is 40.4 Å². The van der Waals surface area contributed by atoms with E-state index in [1.54, 1.807) is 0 Å². The van der Waals surface area contributed by atoms with Gasteiger partial charge in [-0.3, -0.25) is 4.79 Å². The van der Waals surface area contributed by atoms with Crippen LogP contribution in [0, 0.1) is 51.8 Å². The minimum absolute atomic E-state index is 0.131. The third-order valence-electron chi connectivity index (χ3n) is 9.36. The number of nitrogens with zero attached hydrogens (tertiary/aromatic N) is 1. The number of hydrogen-bond donors (Lipinski definition) is 0. The number of carbonyl (C=O) groups is 2. The van der Waals surface area contributed by atoms with Gasteiger partial charge in [0.2, 0.25) is 0 Å². The molecule has 166 valence electrons. The van der Waals surface area contributed by atoms with Crippen LogP contribution in [0.4, 0.5) is 0 Å². The molecule has 4 aliphatic rings. The van der Waals surface area contributed by atoms with Gasteiger partial charge < -0.3 is 9.47 Å². The van der Waals surface area contributed by atoms with Crippen molar-refractivity contribution < 1.29 is 19.1 Å². The lowest BCUT2D eigenvalue weighted by atomic mass is 9.44. The topological polar surface area (TPSA) is 76.4 Å². The summed E-state index contributed by atoms with van der Waals surface area (Å²) >= 11 is 5.86. The maximum Gasteiger partial charge on any atom is 0.363 e. The van der Waals surface area contributed by atoms with Crippen molar-refractivity contribution in [1.29, 1.82) is 5.26 Å². The van der Waals surface area contributed by atoms with E-state index < -0.39 is 23.6 Å².